The van der Waals surface area contributed by atoms with Crippen molar-refractivity contribution in [3.63, 3.8) is 0 Å². The topological polar surface area (TPSA) is 73.1 Å². The van der Waals surface area contributed by atoms with Crippen molar-refractivity contribution >= 4 is 12.0 Å². The Bertz CT molecular complexity index is 630. The number of phenolic OH excluding ortho intramolecular Hbond substituents is 1. The number of carbonyl (C=O) groups is 1. The molecule has 5 nitrogen and oxygen atoms in total. The standard InChI is InChI=1S/C16H16N2O3/c19-15-7-3-1-5-13(15)11-17-9-10-18(21)12-14-6-2-4-8-16(14)20/h1-8,11-12,19,21H,9-10H2/b14-12-,17-11?. The number of allylic oxidation sites excluding steroid dienone is 5. The third kappa shape index (κ3) is 4.43. The van der Waals surface area contributed by atoms with Gasteiger partial charge in [0.15, 0.2) is 5.78 Å². The molecule has 1 aromatic carbocycles. The lowest BCUT2D eigenvalue weighted by molar-refractivity contribution is -0.111. The molecule has 0 fully saturated rings. The molecule has 5 heteroatoms. The van der Waals surface area contributed by atoms with Gasteiger partial charge < -0.3 is 5.11 Å². The molecule has 1 aliphatic rings. The molecule has 0 unspecified atom stereocenters. The minimum absolute atomic E-state index is 0.144. The van der Waals surface area contributed by atoms with E-state index in [0.29, 0.717) is 17.7 Å². The van der Waals surface area contributed by atoms with Crippen LogP contribution >= 0.6 is 0 Å². The predicted molar refractivity (Wildman–Crippen MR) is 80.4 cm³/mol. The van der Waals surface area contributed by atoms with Crippen LogP contribution in [0.25, 0.3) is 0 Å². The van der Waals surface area contributed by atoms with Gasteiger partial charge in [-0.3, -0.25) is 20.1 Å². The Morgan fingerprint density at radius 1 is 1.19 bits per heavy atom. The first kappa shape index (κ1) is 14.7. The molecule has 1 aliphatic carbocycles. The normalized spacial score (nSPS) is 16.0. The molecule has 0 radical (unpaired) electrons. The zero-order valence-corrected chi connectivity index (χ0v) is 11.4. The fraction of sp³-hybridized carbons (Fsp3) is 0.125. The number of ketones is 1. The van der Waals surface area contributed by atoms with Crippen molar-refractivity contribution in [2.24, 2.45) is 4.99 Å². The highest BCUT2D eigenvalue weighted by Gasteiger charge is 2.06. The van der Waals surface area contributed by atoms with Crippen LogP contribution in [0.1, 0.15) is 5.56 Å². The highest BCUT2D eigenvalue weighted by atomic mass is 16.5. The summed E-state index contributed by atoms with van der Waals surface area (Å²) < 4.78 is 0. The number of aliphatic imine (C=N–C) groups is 1. The second-order valence-electron chi connectivity index (χ2n) is 4.42. The number of nitrogens with zero attached hydrogens (tertiary/aromatic N) is 2. The summed E-state index contributed by atoms with van der Waals surface area (Å²) in [5, 5.41) is 20.2. The summed E-state index contributed by atoms with van der Waals surface area (Å²) in [6, 6.07) is 6.86. The molecule has 108 valence electrons. The fourth-order valence-corrected chi connectivity index (χ4v) is 1.73. The summed E-state index contributed by atoms with van der Waals surface area (Å²) in [6.07, 6.45) is 9.38. The van der Waals surface area contributed by atoms with Crippen molar-refractivity contribution in [1.82, 2.24) is 5.06 Å². The van der Waals surface area contributed by atoms with Crippen LogP contribution in [-0.4, -0.2) is 40.5 Å². The number of phenols is 1. The lowest BCUT2D eigenvalue weighted by Crippen LogP contribution is -2.18. The van der Waals surface area contributed by atoms with Gasteiger partial charge in [0, 0.05) is 23.6 Å². The molecule has 0 amide bonds. The molecule has 0 spiro atoms. The van der Waals surface area contributed by atoms with Crippen LogP contribution < -0.4 is 0 Å². The van der Waals surface area contributed by atoms with Crippen LogP contribution in [0.15, 0.2) is 65.3 Å². The van der Waals surface area contributed by atoms with Gasteiger partial charge >= 0.3 is 0 Å². The van der Waals surface area contributed by atoms with Gasteiger partial charge in [0.2, 0.25) is 0 Å². The summed E-state index contributed by atoms with van der Waals surface area (Å²) in [7, 11) is 0. The van der Waals surface area contributed by atoms with E-state index in [1.807, 2.05) is 0 Å². The van der Waals surface area contributed by atoms with E-state index in [9.17, 15) is 15.1 Å². The second-order valence-corrected chi connectivity index (χ2v) is 4.42. The second kappa shape index (κ2) is 7.21. The van der Waals surface area contributed by atoms with Gasteiger partial charge in [-0.05, 0) is 24.3 Å². The lowest BCUT2D eigenvalue weighted by atomic mass is 10.1. The predicted octanol–water partition coefficient (Wildman–Crippen LogP) is 2.08. The first-order valence-electron chi connectivity index (χ1n) is 6.51. The average molecular weight is 284 g/mol. The van der Waals surface area contributed by atoms with Crippen LogP contribution in [0.2, 0.25) is 0 Å². The van der Waals surface area contributed by atoms with Crippen LogP contribution in [0, 0.1) is 0 Å². The Labute approximate surface area is 122 Å². The van der Waals surface area contributed by atoms with Crippen molar-refractivity contribution < 1.29 is 15.1 Å². The number of hydrogen-bond acceptors (Lipinski definition) is 5. The van der Waals surface area contributed by atoms with Crippen LogP contribution in [0.5, 0.6) is 5.75 Å². The minimum Gasteiger partial charge on any atom is -0.507 e. The number of hydroxylamine groups is 2. The van der Waals surface area contributed by atoms with Crippen LogP contribution in [0.3, 0.4) is 0 Å². The van der Waals surface area contributed by atoms with Gasteiger partial charge in [-0.2, -0.15) is 0 Å². The molecule has 1 aromatic rings. The first-order valence-corrected chi connectivity index (χ1v) is 6.51. The maximum Gasteiger partial charge on any atom is 0.187 e. The highest BCUT2D eigenvalue weighted by molar-refractivity contribution is 6.07. The number of rotatable bonds is 5. The van der Waals surface area contributed by atoms with E-state index in [1.165, 1.54) is 12.3 Å². The number of benzene rings is 1. The first-order chi connectivity index (χ1) is 10.2. The summed E-state index contributed by atoms with van der Waals surface area (Å²) in [5.41, 5.74) is 1.04. The van der Waals surface area contributed by atoms with E-state index < -0.39 is 0 Å². The Kier molecular flexibility index (Phi) is 5.06. The Morgan fingerprint density at radius 3 is 2.71 bits per heavy atom. The monoisotopic (exact) mass is 284 g/mol. The van der Waals surface area contributed by atoms with E-state index in [-0.39, 0.29) is 18.1 Å². The highest BCUT2D eigenvalue weighted by Crippen LogP contribution is 2.12. The fourth-order valence-electron chi connectivity index (χ4n) is 1.73. The summed E-state index contributed by atoms with van der Waals surface area (Å²) in [6.45, 7) is 0.584. The number of para-hydroxylation sites is 1. The lowest BCUT2D eigenvalue weighted by Gasteiger charge is -2.12. The molecule has 0 aliphatic heterocycles. The molecule has 2 rings (SSSR count). The average Bonchev–Trinajstić information content (AvgIpc) is 2.48. The van der Waals surface area contributed by atoms with Crippen molar-refractivity contribution in [1.29, 1.82) is 0 Å². The van der Waals surface area contributed by atoms with Gasteiger partial charge in [0.1, 0.15) is 5.75 Å². The Balaban J connectivity index is 1.85. The molecule has 2 N–H and O–H groups in total. The zero-order valence-electron chi connectivity index (χ0n) is 11.4. The van der Waals surface area contributed by atoms with Crippen LogP contribution in [-0.2, 0) is 4.79 Å². The van der Waals surface area contributed by atoms with Crippen molar-refractivity contribution in [3.05, 3.63) is 65.9 Å². The molecule has 0 saturated carbocycles. The molecular weight excluding hydrogens is 268 g/mol. The van der Waals surface area contributed by atoms with Gasteiger partial charge in [0.25, 0.3) is 0 Å². The number of aromatic hydroxyl groups is 1. The van der Waals surface area contributed by atoms with E-state index in [0.717, 1.165) is 5.06 Å². The zero-order chi connectivity index (χ0) is 15.1. The quantitative estimate of drug-likeness (QED) is 0.493. The Morgan fingerprint density at radius 2 is 1.95 bits per heavy atom. The van der Waals surface area contributed by atoms with E-state index in [2.05, 4.69) is 4.99 Å². The summed E-state index contributed by atoms with van der Waals surface area (Å²) in [5.74, 6) is 0.0169. The molecule has 21 heavy (non-hydrogen) atoms. The molecule has 0 heterocycles. The molecule has 0 saturated heterocycles. The smallest absolute Gasteiger partial charge is 0.187 e. The molecule has 0 aromatic heterocycles. The third-order valence-corrected chi connectivity index (χ3v) is 2.83. The van der Waals surface area contributed by atoms with Crippen molar-refractivity contribution in [2.75, 3.05) is 13.1 Å². The SMILES string of the molecule is O=C1C=CC=C/C1=C/N(O)CCN=Cc1ccccc1O. The maximum atomic E-state index is 11.5. The molecular formula is C16H16N2O3. The number of carbonyl (C=O) groups excluding carboxylic acids is 1. The summed E-state index contributed by atoms with van der Waals surface area (Å²) >= 11 is 0. The van der Waals surface area contributed by atoms with E-state index >= 15 is 0 Å². The minimum atomic E-state index is -0.144. The van der Waals surface area contributed by atoms with Crippen molar-refractivity contribution in [3.8, 4) is 5.75 Å². The van der Waals surface area contributed by atoms with Gasteiger partial charge in [-0.15, -0.1) is 0 Å². The third-order valence-electron chi connectivity index (χ3n) is 2.83. The molecule has 0 atom stereocenters. The van der Waals surface area contributed by atoms with Gasteiger partial charge in [-0.25, -0.2) is 0 Å². The number of hydrogen-bond donors (Lipinski definition) is 2. The van der Waals surface area contributed by atoms with Crippen LogP contribution in [0.4, 0.5) is 0 Å². The van der Waals surface area contributed by atoms with E-state index in [4.69, 9.17) is 0 Å². The van der Waals surface area contributed by atoms with Crippen molar-refractivity contribution in [2.45, 2.75) is 0 Å². The van der Waals surface area contributed by atoms with E-state index in [1.54, 1.807) is 48.7 Å². The van der Waals surface area contributed by atoms with Gasteiger partial charge in [-0.1, -0.05) is 24.3 Å². The maximum absolute atomic E-state index is 11.5. The molecule has 0 bridgehead atoms. The Hall–Kier alpha value is -2.66. The van der Waals surface area contributed by atoms with Gasteiger partial charge in [0.05, 0.1) is 13.1 Å². The summed E-state index contributed by atoms with van der Waals surface area (Å²) in [4.78, 5) is 15.6. The largest absolute Gasteiger partial charge is 0.507 e.